The molecule has 6 nitrogen and oxygen atoms in total. The molecular formula is C23H27N3O3. The minimum Gasteiger partial charge on any atom is -0.454 e. The van der Waals surface area contributed by atoms with E-state index in [-0.39, 0.29) is 29.8 Å². The summed E-state index contributed by atoms with van der Waals surface area (Å²) in [6.07, 6.45) is 2.69. The molecule has 1 aromatic carbocycles. The molecule has 0 fully saturated rings. The van der Waals surface area contributed by atoms with E-state index in [1.165, 1.54) is 16.2 Å². The lowest BCUT2D eigenvalue weighted by Crippen LogP contribution is -2.34. The van der Waals surface area contributed by atoms with Crippen LogP contribution in [0.5, 0.6) is 0 Å². The van der Waals surface area contributed by atoms with Crippen LogP contribution in [0.15, 0.2) is 70.0 Å². The fourth-order valence-corrected chi connectivity index (χ4v) is 3.19. The van der Waals surface area contributed by atoms with Crippen LogP contribution >= 0.6 is 0 Å². The largest absolute Gasteiger partial charge is 0.454 e. The average Bonchev–Trinajstić information content (AvgIpc) is 3.19. The van der Waals surface area contributed by atoms with Crippen LogP contribution in [0.2, 0.25) is 0 Å². The van der Waals surface area contributed by atoms with Gasteiger partial charge in [-0.25, -0.2) is 0 Å². The Morgan fingerprint density at radius 1 is 1.10 bits per heavy atom. The first kappa shape index (κ1) is 20.6. The minimum atomic E-state index is -0.270. The maximum atomic E-state index is 12.5. The first-order valence-corrected chi connectivity index (χ1v) is 9.75. The summed E-state index contributed by atoms with van der Waals surface area (Å²) < 4.78 is 7.18. The van der Waals surface area contributed by atoms with Gasteiger partial charge in [0.15, 0.2) is 5.76 Å². The van der Waals surface area contributed by atoms with Gasteiger partial charge in [0.05, 0.1) is 12.6 Å². The number of carbonyl (C=O) groups is 1. The fourth-order valence-electron chi connectivity index (χ4n) is 3.19. The van der Waals surface area contributed by atoms with Crippen molar-refractivity contribution in [3.05, 3.63) is 93.8 Å². The number of aromatic nitrogens is 1. The van der Waals surface area contributed by atoms with Crippen LogP contribution in [0.4, 0.5) is 0 Å². The maximum absolute atomic E-state index is 12.5. The van der Waals surface area contributed by atoms with Gasteiger partial charge in [0, 0.05) is 18.8 Å². The third-order valence-electron chi connectivity index (χ3n) is 4.96. The molecular weight excluding hydrogens is 366 g/mol. The Hall–Kier alpha value is -3.12. The standard InChI is InChI=1S/C23H27N3O3/c1-4-17-8-10-18(11-9-17)20(25(2)3)15-24-23(28)21-13-12-19(29-21)16-26-14-6-5-7-22(26)27/h5-14,20H,4,15-16H2,1-3H3,(H,24,28). The number of pyridine rings is 1. The highest BCUT2D eigenvalue weighted by atomic mass is 16.4. The number of aryl methyl sites for hydroxylation is 1. The second-order valence-corrected chi connectivity index (χ2v) is 7.22. The SMILES string of the molecule is CCc1ccc(C(CNC(=O)c2ccc(Cn3ccccc3=O)o2)N(C)C)cc1. The van der Waals surface area contributed by atoms with Crippen molar-refractivity contribution in [3.63, 3.8) is 0 Å². The Morgan fingerprint density at radius 3 is 2.52 bits per heavy atom. The van der Waals surface area contributed by atoms with E-state index in [0.29, 0.717) is 12.3 Å². The quantitative estimate of drug-likeness (QED) is 0.639. The number of likely N-dealkylation sites (N-methyl/N-ethyl adjacent to an activating group) is 1. The van der Waals surface area contributed by atoms with E-state index in [1.807, 2.05) is 14.1 Å². The molecule has 0 aliphatic carbocycles. The fraction of sp³-hybridized carbons (Fsp3) is 0.304. The van der Waals surface area contributed by atoms with Gasteiger partial charge in [-0.1, -0.05) is 37.3 Å². The smallest absolute Gasteiger partial charge is 0.287 e. The number of nitrogens with zero attached hydrogens (tertiary/aromatic N) is 2. The summed E-state index contributed by atoms with van der Waals surface area (Å²) in [4.78, 5) is 26.4. The number of nitrogens with one attached hydrogen (secondary N) is 1. The highest BCUT2D eigenvalue weighted by Gasteiger charge is 2.17. The molecule has 6 heteroatoms. The summed E-state index contributed by atoms with van der Waals surface area (Å²) in [7, 11) is 3.99. The van der Waals surface area contributed by atoms with E-state index in [9.17, 15) is 9.59 Å². The molecule has 0 bridgehead atoms. The molecule has 1 atom stereocenters. The molecule has 1 amide bonds. The first-order chi connectivity index (χ1) is 14.0. The van der Waals surface area contributed by atoms with Gasteiger partial charge in [0.1, 0.15) is 5.76 Å². The van der Waals surface area contributed by atoms with Crippen molar-refractivity contribution >= 4 is 5.91 Å². The van der Waals surface area contributed by atoms with E-state index < -0.39 is 0 Å². The van der Waals surface area contributed by atoms with E-state index in [0.717, 1.165) is 12.0 Å². The van der Waals surface area contributed by atoms with Crippen LogP contribution in [-0.4, -0.2) is 36.0 Å². The summed E-state index contributed by atoms with van der Waals surface area (Å²) in [5, 5.41) is 2.95. The lowest BCUT2D eigenvalue weighted by molar-refractivity contribution is 0.0912. The highest BCUT2D eigenvalue weighted by molar-refractivity contribution is 5.91. The van der Waals surface area contributed by atoms with Gasteiger partial charge in [-0.05, 0) is 49.8 Å². The van der Waals surface area contributed by atoms with E-state index >= 15 is 0 Å². The van der Waals surface area contributed by atoms with Crippen LogP contribution in [0, 0.1) is 0 Å². The Balaban J connectivity index is 1.64. The molecule has 0 saturated heterocycles. The number of hydrogen-bond donors (Lipinski definition) is 1. The van der Waals surface area contributed by atoms with Crippen molar-refractivity contribution in [1.82, 2.24) is 14.8 Å². The predicted molar refractivity (Wildman–Crippen MR) is 113 cm³/mol. The number of hydrogen-bond acceptors (Lipinski definition) is 4. The molecule has 2 heterocycles. The minimum absolute atomic E-state index is 0.0576. The topological polar surface area (TPSA) is 67.5 Å². The monoisotopic (exact) mass is 393 g/mol. The van der Waals surface area contributed by atoms with Crippen molar-refractivity contribution in [2.75, 3.05) is 20.6 Å². The lowest BCUT2D eigenvalue weighted by atomic mass is 10.0. The van der Waals surface area contributed by atoms with Gasteiger partial charge in [0.25, 0.3) is 11.5 Å². The molecule has 3 rings (SSSR count). The summed E-state index contributed by atoms with van der Waals surface area (Å²) in [6, 6.07) is 16.9. The van der Waals surface area contributed by atoms with Crippen molar-refractivity contribution in [2.45, 2.75) is 25.9 Å². The summed E-state index contributed by atoms with van der Waals surface area (Å²) in [6.45, 7) is 2.88. The molecule has 152 valence electrons. The lowest BCUT2D eigenvalue weighted by Gasteiger charge is -2.25. The number of furan rings is 1. The third kappa shape index (κ3) is 5.23. The highest BCUT2D eigenvalue weighted by Crippen LogP contribution is 2.19. The first-order valence-electron chi connectivity index (χ1n) is 9.75. The van der Waals surface area contributed by atoms with Gasteiger partial charge in [-0.2, -0.15) is 0 Å². The summed E-state index contributed by atoms with van der Waals surface area (Å²) in [5.74, 6) is 0.527. The average molecular weight is 393 g/mol. The Kier molecular flexibility index (Phi) is 6.67. The zero-order chi connectivity index (χ0) is 20.8. The second kappa shape index (κ2) is 9.39. The Bertz CT molecular complexity index is 1000. The van der Waals surface area contributed by atoms with Gasteiger partial charge in [-0.15, -0.1) is 0 Å². The third-order valence-corrected chi connectivity index (χ3v) is 4.96. The molecule has 0 spiro atoms. The molecule has 0 saturated carbocycles. The van der Waals surface area contributed by atoms with Crippen molar-refractivity contribution in [1.29, 1.82) is 0 Å². The summed E-state index contributed by atoms with van der Waals surface area (Å²) in [5.41, 5.74) is 2.32. The molecule has 0 aliphatic heterocycles. The van der Waals surface area contributed by atoms with Crippen LogP contribution in [-0.2, 0) is 13.0 Å². The van der Waals surface area contributed by atoms with Crippen LogP contribution in [0.25, 0.3) is 0 Å². The number of rotatable bonds is 8. The molecule has 1 N–H and O–H groups in total. The van der Waals surface area contributed by atoms with E-state index in [2.05, 4.69) is 41.4 Å². The molecule has 0 radical (unpaired) electrons. The number of benzene rings is 1. The van der Waals surface area contributed by atoms with E-state index in [4.69, 9.17) is 4.42 Å². The maximum Gasteiger partial charge on any atom is 0.287 e. The normalized spacial score (nSPS) is 12.1. The molecule has 29 heavy (non-hydrogen) atoms. The van der Waals surface area contributed by atoms with Crippen molar-refractivity contribution in [2.24, 2.45) is 0 Å². The second-order valence-electron chi connectivity index (χ2n) is 7.22. The van der Waals surface area contributed by atoms with Gasteiger partial charge >= 0.3 is 0 Å². The van der Waals surface area contributed by atoms with Gasteiger partial charge in [0.2, 0.25) is 0 Å². The Morgan fingerprint density at radius 2 is 1.86 bits per heavy atom. The van der Waals surface area contributed by atoms with Gasteiger partial charge < -0.3 is 19.2 Å². The zero-order valence-corrected chi connectivity index (χ0v) is 17.1. The molecule has 1 unspecified atom stereocenters. The zero-order valence-electron chi connectivity index (χ0n) is 17.1. The number of carbonyl (C=O) groups excluding carboxylic acids is 1. The van der Waals surface area contributed by atoms with Crippen LogP contribution in [0.3, 0.4) is 0 Å². The van der Waals surface area contributed by atoms with Crippen molar-refractivity contribution < 1.29 is 9.21 Å². The van der Waals surface area contributed by atoms with Gasteiger partial charge in [-0.3, -0.25) is 9.59 Å². The van der Waals surface area contributed by atoms with Crippen molar-refractivity contribution in [3.8, 4) is 0 Å². The molecule has 3 aromatic rings. The molecule has 0 aliphatic rings. The summed E-state index contributed by atoms with van der Waals surface area (Å²) >= 11 is 0. The number of amides is 1. The van der Waals surface area contributed by atoms with E-state index in [1.54, 1.807) is 30.5 Å². The predicted octanol–water partition coefficient (Wildman–Crippen LogP) is 3.08. The molecule has 2 aromatic heterocycles. The van der Waals surface area contributed by atoms with Crippen LogP contribution in [0.1, 0.15) is 40.4 Å². The Labute approximate surface area is 170 Å². The van der Waals surface area contributed by atoms with Crippen LogP contribution < -0.4 is 10.9 Å².